The Labute approximate surface area is 202 Å². The Bertz CT molecular complexity index is 1010. The summed E-state index contributed by atoms with van der Waals surface area (Å²) >= 11 is 0. The minimum Gasteiger partial charge on any atom is -0.493 e. The fourth-order valence-corrected chi connectivity index (χ4v) is 4.88. The monoisotopic (exact) mass is 465 g/mol. The maximum Gasteiger partial charge on any atom is 0.416 e. The standard InChI is InChI=1S/C28H35NO5/c1-3-9-22-18-21(20-10-5-4-6-11-20)14-15-25(22)33-17-8-16-32-24-13-7-12-23(19-24)28(2)26(30)34-27(31)29-28/h7,12-15,18-20H,3-6,8-11,16-17H2,1-2H3,(H,29,31). The topological polar surface area (TPSA) is 73.9 Å². The average Bonchev–Trinajstić information content (AvgIpc) is 3.12. The van der Waals surface area contributed by atoms with Crippen LogP contribution in [0.3, 0.4) is 0 Å². The van der Waals surface area contributed by atoms with E-state index in [1.807, 2.05) is 6.07 Å². The Kier molecular flexibility index (Phi) is 7.76. The lowest BCUT2D eigenvalue weighted by molar-refractivity contribution is -0.139. The van der Waals surface area contributed by atoms with Crippen LogP contribution in [-0.4, -0.2) is 25.3 Å². The van der Waals surface area contributed by atoms with Gasteiger partial charge in [-0.05, 0) is 67.0 Å². The summed E-state index contributed by atoms with van der Waals surface area (Å²) in [7, 11) is 0. The van der Waals surface area contributed by atoms with Crippen LogP contribution in [-0.2, 0) is 21.5 Å². The van der Waals surface area contributed by atoms with Crippen LogP contribution in [0.25, 0.3) is 0 Å². The summed E-state index contributed by atoms with van der Waals surface area (Å²) in [5.74, 6) is 1.70. The number of amides is 1. The summed E-state index contributed by atoms with van der Waals surface area (Å²) < 4.78 is 16.7. The molecule has 1 unspecified atom stereocenters. The molecule has 6 heteroatoms. The van der Waals surface area contributed by atoms with E-state index in [-0.39, 0.29) is 0 Å². The molecule has 1 saturated heterocycles. The van der Waals surface area contributed by atoms with Gasteiger partial charge in [0.2, 0.25) is 0 Å². The van der Waals surface area contributed by atoms with Crippen LogP contribution in [0.2, 0.25) is 0 Å². The van der Waals surface area contributed by atoms with Gasteiger partial charge in [-0.15, -0.1) is 0 Å². The molecular weight excluding hydrogens is 430 g/mol. The van der Waals surface area contributed by atoms with Gasteiger partial charge < -0.3 is 19.5 Å². The van der Waals surface area contributed by atoms with E-state index in [1.165, 1.54) is 43.2 Å². The van der Waals surface area contributed by atoms with Crippen molar-refractivity contribution in [3.63, 3.8) is 0 Å². The SMILES string of the molecule is CCCc1cc(C2CCCCC2)ccc1OCCCOc1cccc(C2(C)NC(=O)OC2=O)c1. The van der Waals surface area contributed by atoms with Crippen molar-refractivity contribution in [1.82, 2.24) is 5.32 Å². The predicted molar refractivity (Wildman–Crippen MR) is 130 cm³/mol. The third-order valence-electron chi connectivity index (χ3n) is 6.85. The number of cyclic esters (lactones) is 2. The second-order valence-corrected chi connectivity index (χ2v) is 9.46. The fourth-order valence-electron chi connectivity index (χ4n) is 4.88. The van der Waals surface area contributed by atoms with Gasteiger partial charge in [0, 0.05) is 6.42 Å². The van der Waals surface area contributed by atoms with Gasteiger partial charge in [-0.3, -0.25) is 0 Å². The summed E-state index contributed by atoms with van der Waals surface area (Å²) in [6.45, 7) is 4.89. The Morgan fingerprint density at radius 3 is 2.56 bits per heavy atom. The maximum atomic E-state index is 12.1. The normalized spacial score (nSPS) is 20.6. The zero-order valence-electron chi connectivity index (χ0n) is 20.2. The highest BCUT2D eigenvalue weighted by molar-refractivity contribution is 5.99. The van der Waals surface area contributed by atoms with E-state index < -0.39 is 17.6 Å². The largest absolute Gasteiger partial charge is 0.493 e. The molecule has 2 aromatic rings. The van der Waals surface area contributed by atoms with Crippen molar-refractivity contribution < 1.29 is 23.8 Å². The van der Waals surface area contributed by atoms with Gasteiger partial charge in [0.15, 0.2) is 5.54 Å². The summed E-state index contributed by atoms with van der Waals surface area (Å²) in [5.41, 5.74) is 2.20. The number of aryl methyl sites for hydroxylation is 1. The first kappa shape index (κ1) is 24.1. The summed E-state index contributed by atoms with van der Waals surface area (Å²) in [6, 6.07) is 13.9. The first-order valence-electron chi connectivity index (χ1n) is 12.5. The number of hydrogen-bond acceptors (Lipinski definition) is 5. The Morgan fingerprint density at radius 2 is 1.82 bits per heavy atom. The minimum absolute atomic E-state index is 0.486. The lowest BCUT2D eigenvalue weighted by Crippen LogP contribution is -2.40. The van der Waals surface area contributed by atoms with E-state index in [9.17, 15) is 9.59 Å². The third kappa shape index (κ3) is 5.54. The number of benzene rings is 2. The third-order valence-corrected chi connectivity index (χ3v) is 6.85. The molecule has 0 aromatic heterocycles. The zero-order valence-corrected chi connectivity index (χ0v) is 20.2. The number of rotatable bonds is 10. The number of alkyl carbamates (subject to hydrolysis) is 1. The van der Waals surface area contributed by atoms with Crippen molar-refractivity contribution in [3.05, 3.63) is 59.2 Å². The molecule has 1 aliphatic carbocycles. The van der Waals surface area contributed by atoms with Crippen molar-refractivity contribution in [1.29, 1.82) is 0 Å². The Hall–Kier alpha value is -3.02. The van der Waals surface area contributed by atoms with Crippen LogP contribution in [0, 0.1) is 0 Å². The summed E-state index contributed by atoms with van der Waals surface area (Å²) in [6.07, 6.45) is 8.77. The molecule has 1 aliphatic heterocycles. The van der Waals surface area contributed by atoms with Crippen LogP contribution in [0.4, 0.5) is 4.79 Å². The van der Waals surface area contributed by atoms with Crippen molar-refractivity contribution >= 4 is 12.1 Å². The van der Waals surface area contributed by atoms with Crippen molar-refractivity contribution in [2.75, 3.05) is 13.2 Å². The second-order valence-electron chi connectivity index (χ2n) is 9.46. The number of carbonyl (C=O) groups is 2. The average molecular weight is 466 g/mol. The maximum absolute atomic E-state index is 12.1. The quantitative estimate of drug-likeness (QED) is 0.264. The van der Waals surface area contributed by atoms with Gasteiger partial charge in [0.05, 0.1) is 13.2 Å². The van der Waals surface area contributed by atoms with Crippen LogP contribution >= 0.6 is 0 Å². The highest BCUT2D eigenvalue weighted by Crippen LogP contribution is 2.35. The molecule has 1 saturated carbocycles. The molecule has 1 heterocycles. The first-order chi connectivity index (χ1) is 16.5. The molecule has 4 rings (SSSR count). The highest BCUT2D eigenvalue weighted by Gasteiger charge is 2.46. The van der Waals surface area contributed by atoms with Gasteiger partial charge in [-0.25, -0.2) is 9.59 Å². The lowest BCUT2D eigenvalue weighted by Gasteiger charge is -2.23. The molecule has 182 valence electrons. The molecule has 1 N–H and O–H groups in total. The number of ether oxygens (including phenoxy) is 3. The van der Waals surface area contributed by atoms with Gasteiger partial charge in [0.25, 0.3) is 0 Å². The smallest absolute Gasteiger partial charge is 0.416 e. The van der Waals surface area contributed by atoms with Crippen LogP contribution in [0.1, 0.15) is 81.4 Å². The molecule has 0 spiro atoms. The van der Waals surface area contributed by atoms with Gasteiger partial charge >= 0.3 is 12.1 Å². The van der Waals surface area contributed by atoms with Crippen LogP contribution in [0.5, 0.6) is 11.5 Å². The summed E-state index contributed by atoms with van der Waals surface area (Å²) in [4.78, 5) is 23.5. The van der Waals surface area contributed by atoms with Crippen molar-refractivity contribution in [2.24, 2.45) is 0 Å². The molecule has 2 aliphatic rings. The lowest BCUT2D eigenvalue weighted by atomic mass is 9.83. The van der Waals surface area contributed by atoms with E-state index in [0.29, 0.717) is 30.4 Å². The van der Waals surface area contributed by atoms with Crippen molar-refractivity contribution in [3.8, 4) is 11.5 Å². The predicted octanol–water partition coefficient (Wildman–Crippen LogP) is 6.02. The van der Waals surface area contributed by atoms with E-state index in [0.717, 1.165) is 25.0 Å². The molecule has 2 aromatic carbocycles. The van der Waals surface area contributed by atoms with E-state index in [2.05, 4.69) is 35.2 Å². The molecule has 6 nitrogen and oxygen atoms in total. The fraction of sp³-hybridized carbons (Fsp3) is 0.500. The number of nitrogens with one attached hydrogen (secondary N) is 1. The Morgan fingerprint density at radius 1 is 1.03 bits per heavy atom. The zero-order chi connectivity index (χ0) is 24.0. The molecule has 1 atom stereocenters. The Balaban J connectivity index is 1.29. The van der Waals surface area contributed by atoms with Crippen molar-refractivity contribution in [2.45, 2.75) is 76.7 Å². The van der Waals surface area contributed by atoms with Crippen LogP contribution in [0.15, 0.2) is 42.5 Å². The van der Waals surface area contributed by atoms with E-state index in [1.54, 1.807) is 25.1 Å². The number of esters is 1. The molecule has 0 radical (unpaired) electrons. The van der Waals surface area contributed by atoms with E-state index >= 15 is 0 Å². The number of hydrogen-bond donors (Lipinski definition) is 1. The van der Waals surface area contributed by atoms with Crippen LogP contribution < -0.4 is 14.8 Å². The van der Waals surface area contributed by atoms with Gasteiger partial charge in [-0.1, -0.05) is 56.9 Å². The minimum atomic E-state index is -1.20. The second kappa shape index (κ2) is 10.9. The molecule has 0 bridgehead atoms. The molecule has 34 heavy (non-hydrogen) atoms. The highest BCUT2D eigenvalue weighted by atomic mass is 16.6. The molecular formula is C28H35NO5. The first-order valence-corrected chi connectivity index (χ1v) is 12.5. The summed E-state index contributed by atoms with van der Waals surface area (Å²) in [5, 5.41) is 2.57. The van der Waals surface area contributed by atoms with Gasteiger partial charge in [0.1, 0.15) is 11.5 Å². The van der Waals surface area contributed by atoms with Gasteiger partial charge in [-0.2, -0.15) is 0 Å². The molecule has 2 fully saturated rings. The molecule has 1 amide bonds. The van der Waals surface area contributed by atoms with E-state index in [4.69, 9.17) is 9.47 Å². The number of carbonyl (C=O) groups excluding carboxylic acids is 2.